The third-order valence-corrected chi connectivity index (χ3v) is 4.76. The maximum absolute atomic E-state index is 5.50. The summed E-state index contributed by atoms with van der Waals surface area (Å²) in [4.78, 5) is 0. The minimum atomic E-state index is 0.535. The van der Waals surface area contributed by atoms with Crippen molar-refractivity contribution in [2.24, 2.45) is 5.41 Å². The van der Waals surface area contributed by atoms with Crippen LogP contribution in [0.1, 0.15) is 52.4 Å². The van der Waals surface area contributed by atoms with Gasteiger partial charge in [0, 0.05) is 0 Å². The van der Waals surface area contributed by atoms with Crippen LogP contribution in [0.5, 0.6) is 0 Å². The lowest BCUT2D eigenvalue weighted by atomic mass is 9.81. The van der Waals surface area contributed by atoms with Gasteiger partial charge in [-0.1, -0.05) is 25.0 Å². The summed E-state index contributed by atoms with van der Waals surface area (Å²) in [5, 5.41) is 0. The maximum Gasteiger partial charge on any atom is 0.192 e. The Morgan fingerprint density at radius 3 is 2.35 bits per heavy atom. The topological polar surface area (TPSA) is 9.23 Å². The molecular weight excluding hydrogens is 323 g/mol. The van der Waals surface area contributed by atoms with Crippen LogP contribution in [0, 0.1) is 5.41 Å². The van der Waals surface area contributed by atoms with E-state index in [4.69, 9.17) is 3.07 Å². The third-order valence-electron chi connectivity index (χ3n) is 4.29. The van der Waals surface area contributed by atoms with Gasteiger partial charge in [-0.05, 0) is 62.2 Å². The lowest BCUT2D eigenvalue weighted by Crippen LogP contribution is -2.12. The largest absolute Gasteiger partial charge is 0.428 e. The molecule has 0 heterocycles. The average molecular weight is 344 g/mol. The lowest BCUT2D eigenvalue weighted by Gasteiger charge is -2.23. The molecule has 0 amide bonds. The molecule has 0 aromatic rings. The van der Waals surface area contributed by atoms with Crippen LogP contribution in [-0.2, 0) is 3.07 Å². The predicted molar refractivity (Wildman–Crippen MR) is 80.8 cm³/mol. The van der Waals surface area contributed by atoms with E-state index in [2.05, 4.69) is 26.5 Å². The average Bonchev–Trinajstić information content (AvgIpc) is 2.90. The van der Waals surface area contributed by atoms with Gasteiger partial charge in [-0.3, -0.25) is 0 Å². The van der Waals surface area contributed by atoms with Gasteiger partial charge in [-0.2, -0.15) is 0 Å². The zero-order valence-electron chi connectivity index (χ0n) is 10.8. The van der Waals surface area contributed by atoms with Crippen LogP contribution in [-0.4, -0.2) is 0 Å². The van der Waals surface area contributed by atoms with E-state index in [9.17, 15) is 0 Å². The van der Waals surface area contributed by atoms with Crippen molar-refractivity contribution in [3.05, 3.63) is 35.1 Å². The van der Waals surface area contributed by atoms with E-state index in [1.54, 1.807) is 0 Å². The molecule has 17 heavy (non-hydrogen) atoms. The quantitative estimate of drug-likeness (QED) is 0.486. The van der Waals surface area contributed by atoms with E-state index < -0.39 is 0 Å². The molecule has 2 rings (SSSR count). The van der Waals surface area contributed by atoms with Crippen LogP contribution in [0.15, 0.2) is 35.1 Å². The molecule has 1 nitrogen and oxygen atoms in total. The van der Waals surface area contributed by atoms with E-state index in [0.717, 1.165) is 5.76 Å². The summed E-state index contributed by atoms with van der Waals surface area (Å²) in [5.41, 5.74) is 4.62. The Kier molecular flexibility index (Phi) is 4.01. The molecule has 0 unspecified atom stereocenters. The second-order valence-corrected chi connectivity index (χ2v) is 5.97. The Hall–Kier alpha value is -0.250. The van der Waals surface area contributed by atoms with E-state index in [1.165, 1.54) is 55.2 Å². The molecule has 94 valence electrons. The van der Waals surface area contributed by atoms with Gasteiger partial charge in [0.25, 0.3) is 0 Å². The van der Waals surface area contributed by atoms with Gasteiger partial charge in [0.15, 0.2) is 23.0 Å². The number of rotatable bonds is 3. The Balaban J connectivity index is 2.31. The van der Waals surface area contributed by atoms with Crippen molar-refractivity contribution in [3.63, 3.8) is 0 Å². The minimum absolute atomic E-state index is 0.535. The minimum Gasteiger partial charge on any atom is -0.428 e. The summed E-state index contributed by atoms with van der Waals surface area (Å²) >= 11 is 1.99. The molecule has 0 atom stereocenters. The first kappa shape index (κ1) is 13.2. The van der Waals surface area contributed by atoms with Gasteiger partial charge in [-0.15, -0.1) is 0 Å². The first-order chi connectivity index (χ1) is 8.12. The van der Waals surface area contributed by atoms with Crippen molar-refractivity contribution >= 4 is 23.0 Å². The van der Waals surface area contributed by atoms with E-state index in [-0.39, 0.29) is 0 Å². The van der Waals surface area contributed by atoms with Crippen molar-refractivity contribution in [2.75, 3.05) is 0 Å². The van der Waals surface area contributed by atoms with Gasteiger partial charge in [0.05, 0.1) is 0 Å². The fraction of sp³-hybridized carbons (Fsp3) is 0.600. The van der Waals surface area contributed by atoms with Gasteiger partial charge in [-0.25, -0.2) is 0 Å². The molecule has 2 heteroatoms. The third kappa shape index (κ3) is 2.47. The van der Waals surface area contributed by atoms with Crippen LogP contribution in [0.2, 0.25) is 0 Å². The predicted octanol–water partition coefficient (Wildman–Crippen LogP) is 5.48. The Labute approximate surface area is 119 Å². The van der Waals surface area contributed by atoms with Gasteiger partial charge in [0.2, 0.25) is 0 Å². The standard InChI is InChI=1S/C15H21IO/c1-4-14(17-16)13-10-15(7-5-6-8-15)9-12(13)11(2)3/h4H,2,5-10H2,1,3H3/b14-4+. The lowest BCUT2D eigenvalue weighted by molar-refractivity contribution is 0.314. The summed E-state index contributed by atoms with van der Waals surface area (Å²) in [7, 11) is 0. The van der Waals surface area contributed by atoms with E-state index >= 15 is 0 Å². The first-order valence-corrected chi connectivity index (χ1v) is 7.33. The van der Waals surface area contributed by atoms with Gasteiger partial charge < -0.3 is 3.07 Å². The summed E-state index contributed by atoms with van der Waals surface area (Å²) in [5.74, 6) is 1.05. The first-order valence-electron chi connectivity index (χ1n) is 6.45. The van der Waals surface area contributed by atoms with Gasteiger partial charge in [0.1, 0.15) is 5.76 Å². The number of halogens is 1. The molecule has 2 aliphatic carbocycles. The molecule has 0 bridgehead atoms. The number of allylic oxidation sites excluding steroid dienone is 4. The highest BCUT2D eigenvalue weighted by atomic mass is 127. The molecule has 0 saturated heterocycles. The van der Waals surface area contributed by atoms with Crippen molar-refractivity contribution in [2.45, 2.75) is 52.4 Å². The van der Waals surface area contributed by atoms with Crippen LogP contribution in [0.4, 0.5) is 0 Å². The maximum atomic E-state index is 5.50. The normalized spacial score (nSPS) is 23.6. The molecule has 0 aromatic carbocycles. The Bertz CT molecular complexity index is 384. The number of hydrogen-bond acceptors (Lipinski definition) is 1. The second-order valence-electron chi connectivity index (χ2n) is 5.53. The monoisotopic (exact) mass is 344 g/mol. The Morgan fingerprint density at radius 1 is 1.29 bits per heavy atom. The zero-order valence-corrected chi connectivity index (χ0v) is 13.0. The van der Waals surface area contributed by atoms with Crippen LogP contribution in [0.3, 0.4) is 0 Å². The van der Waals surface area contributed by atoms with E-state index in [1.807, 2.05) is 23.0 Å². The second kappa shape index (κ2) is 5.17. The van der Waals surface area contributed by atoms with Crippen LogP contribution >= 0.6 is 23.0 Å². The van der Waals surface area contributed by atoms with Crippen molar-refractivity contribution in [3.8, 4) is 0 Å². The van der Waals surface area contributed by atoms with Crippen molar-refractivity contribution < 1.29 is 3.07 Å². The van der Waals surface area contributed by atoms with Gasteiger partial charge >= 0.3 is 0 Å². The van der Waals surface area contributed by atoms with E-state index in [0.29, 0.717) is 5.41 Å². The SMILES string of the molecule is C=C(C)C1=C(/C(=C\C)OI)CC2(CCCC2)C1. The molecule has 1 fully saturated rings. The molecule has 0 aromatic heterocycles. The van der Waals surface area contributed by atoms with Crippen LogP contribution in [0.25, 0.3) is 0 Å². The highest BCUT2D eigenvalue weighted by Crippen LogP contribution is 2.55. The number of hydrogen-bond donors (Lipinski definition) is 0. The molecule has 0 aliphatic heterocycles. The molecule has 1 saturated carbocycles. The molecule has 2 aliphatic rings. The summed E-state index contributed by atoms with van der Waals surface area (Å²) in [6, 6.07) is 0. The summed E-state index contributed by atoms with van der Waals surface area (Å²) in [6.45, 7) is 8.33. The zero-order chi connectivity index (χ0) is 12.5. The molecule has 0 N–H and O–H groups in total. The highest BCUT2D eigenvalue weighted by Gasteiger charge is 2.41. The summed E-state index contributed by atoms with van der Waals surface area (Å²) in [6.07, 6.45) is 10.0. The molecule has 1 spiro atoms. The summed E-state index contributed by atoms with van der Waals surface area (Å²) < 4.78 is 5.50. The fourth-order valence-electron chi connectivity index (χ4n) is 3.41. The smallest absolute Gasteiger partial charge is 0.192 e. The fourth-order valence-corrected chi connectivity index (χ4v) is 3.93. The Morgan fingerprint density at radius 2 is 1.88 bits per heavy atom. The molecule has 0 radical (unpaired) electrons. The van der Waals surface area contributed by atoms with Crippen LogP contribution < -0.4 is 0 Å². The highest BCUT2D eigenvalue weighted by molar-refractivity contribution is 14.1. The molecular formula is C15H21IO. The van der Waals surface area contributed by atoms with Crippen molar-refractivity contribution in [1.29, 1.82) is 0 Å². The van der Waals surface area contributed by atoms with Crippen molar-refractivity contribution in [1.82, 2.24) is 0 Å².